The van der Waals surface area contributed by atoms with Gasteiger partial charge < -0.3 is 9.67 Å². The van der Waals surface area contributed by atoms with Crippen LogP contribution in [0.5, 0.6) is 0 Å². The van der Waals surface area contributed by atoms with E-state index in [9.17, 15) is 0 Å². The molecule has 2 aromatic rings. The maximum absolute atomic E-state index is 9.00. The van der Waals surface area contributed by atoms with E-state index < -0.39 is 0 Å². The van der Waals surface area contributed by atoms with Gasteiger partial charge in [0.15, 0.2) is 5.16 Å². The van der Waals surface area contributed by atoms with Crippen molar-refractivity contribution in [3.8, 4) is 0 Å². The predicted molar refractivity (Wildman–Crippen MR) is 65.2 cm³/mol. The van der Waals surface area contributed by atoms with Crippen LogP contribution in [0.4, 0.5) is 0 Å². The lowest BCUT2D eigenvalue weighted by atomic mass is 10.2. The molecule has 1 N–H and O–H groups in total. The van der Waals surface area contributed by atoms with E-state index in [4.69, 9.17) is 5.11 Å². The van der Waals surface area contributed by atoms with Crippen molar-refractivity contribution < 1.29 is 5.11 Å². The van der Waals surface area contributed by atoms with Gasteiger partial charge in [0.2, 0.25) is 0 Å². The van der Waals surface area contributed by atoms with Crippen molar-refractivity contribution in [1.82, 2.24) is 14.8 Å². The summed E-state index contributed by atoms with van der Waals surface area (Å²) in [6.07, 6.45) is 1.67. The Bertz CT molecular complexity index is 501. The first-order valence-corrected chi connectivity index (χ1v) is 6.23. The van der Waals surface area contributed by atoms with E-state index in [0.717, 1.165) is 20.1 Å². The Morgan fingerprint density at radius 3 is 2.88 bits per heavy atom. The van der Waals surface area contributed by atoms with Crippen LogP contribution >= 0.6 is 27.7 Å². The normalized spacial score (nSPS) is 10.7. The molecule has 1 aromatic carbocycles. The fourth-order valence-electron chi connectivity index (χ4n) is 1.19. The molecule has 16 heavy (non-hydrogen) atoms. The average molecular weight is 300 g/mol. The minimum absolute atomic E-state index is 0.0491. The molecular weight excluding hydrogens is 290 g/mol. The van der Waals surface area contributed by atoms with Gasteiger partial charge in [-0.3, -0.25) is 0 Å². The van der Waals surface area contributed by atoms with E-state index in [2.05, 4.69) is 26.1 Å². The van der Waals surface area contributed by atoms with Crippen LogP contribution in [0.1, 0.15) is 5.56 Å². The smallest absolute Gasteiger partial charge is 0.195 e. The first-order valence-electron chi connectivity index (χ1n) is 4.62. The molecule has 0 amide bonds. The first kappa shape index (κ1) is 11.6. The fraction of sp³-hybridized carbons (Fsp3) is 0.200. The van der Waals surface area contributed by atoms with E-state index in [-0.39, 0.29) is 6.61 Å². The summed E-state index contributed by atoms with van der Waals surface area (Å²) in [4.78, 5) is 1.05. The van der Waals surface area contributed by atoms with Crippen molar-refractivity contribution in [2.75, 3.05) is 0 Å². The SMILES string of the molecule is Cn1cnnc1Sc1ccc(CO)cc1Br. The van der Waals surface area contributed by atoms with Crippen molar-refractivity contribution in [3.63, 3.8) is 0 Å². The predicted octanol–water partition coefficient (Wildman–Crippen LogP) is 2.22. The van der Waals surface area contributed by atoms with Crippen LogP contribution in [0.2, 0.25) is 0 Å². The molecule has 2 rings (SSSR count). The average Bonchev–Trinajstić information content (AvgIpc) is 2.67. The number of hydrogen-bond donors (Lipinski definition) is 1. The van der Waals surface area contributed by atoms with Crippen LogP contribution in [-0.4, -0.2) is 19.9 Å². The van der Waals surface area contributed by atoms with E-state index in [0.29, 0.717) is 0 Å². The molecule has 0 unspecified atom stereocenters. The fourth-order valence-corrected chi connectivity index (χ4v) is 2.63. The molecule has 0 aliphatic rings. The number of benzene rings is 1. The molecule has 0 aliphatic heterocycles. The Morgan fingerprint density at radius 2 is 2.31 bits per heavy atom. The highest BCUT2D eigenvalue weighted by Crippen LogP contribution is 2.32. The van der Waals surface area contributed by atoms with Gasteiger partial charge in [-0.2, -0.15) is 0 Å². The molecule has 6 heteroatoms. The van der Waals surface area contributed by atoms with Crippen molar-refractivity contribution in [3.05, 3.63) is 34.6 Å². The third kappa shape index (κ3) is 2.45. The van der Waals surface area contributed by atoms with Crippen molar-refractivity contribution in [2.24, 2.45) is 7.05 Å². The minimum Gasteiger partial charge on any atom is -0.392 e. The van der Waals surface area contributed by atoms with Crippen LogP contribution in [0.25, 0.3) is 0 Å². The quantitative estimate of drug-likeness (QED) is 0.944. The van der Waals surface area contributed by atoms with Gasteiger partial charge in [0.1, 0.15) is 6.33 Å². The van der Waals surface area contributed by atoms with Crippen LogP contribution in [-0.2, 0) is 13.7 Å². The van der Waals surface area contributed by atoms with Crippen LogP contribution in [0.3, 0.4) is 0 Å². The number of aryl methyl sites for hydroxylation is 1. The Hall–Kier alpha value is -0.850. The van der Waals surface area contributed by atoms with Crippen molar-refractivity contribution >= 4 is 27.7 Å². The third-order valence-corrected chi connectivity index (χ3v) is 4.10. The Kier molecular flexibility index (Phi) is 3.63. The molecular formula is C10H10BrN3OS. The number of aliphatic hydroxyl groups is 1. The van der Waals surface area contributed by atoms with Gasteiger partial charge in [0, 0.05) is 16.4 Å². The number of aromatic nitrogens is 3. The molecule has 1 heterocycles. The van der Waals surface area contributed by atoms with Crippen molar-refractivity contribution in [1.29, 1.82) is 0 Å². The van der Waals surface area contributed by atoms with Gasteiger partial charge in [0.05, 0.1) is 6.61 Å². The topological polar surface area (TPSA) is 50.9 Å². The molecule has 0 fully saturated rings. The van der Waals surface area contributed by atoms with Gasteiger partial charge in [-0.1, -0.05) is 6.07 Å². The molecule has 0 atom stereocenters. The number of halogens is 1. The van der Waals surface area contributed by atoms with Gasteiger partial charge in [-0.25, -0.2) is 0 Å². The number of aliphatic hydroxyl groups excluding tert-OH is 1. The van der Waals surface area contributed by atoms with Crippen LogP contribution in [0, 0.1) is 0 Å². The van der Waals surface area contributed by atoms with E-state index in [1.54, 1.807) is 6.33 Å². The highest BCUT2D eigenvalue weighted by atomic mass is 79.9. The minimum atomic E-state index is 0.0491. The summed E-state index contributed by atoms with van der Waals surface area (Å²) in [5, 5.41) is 17.6. The molecule has 84 valence electrons. The summed E-state index contributed by atoms with van der Waals surface area (Å²) in [5.41, 5.74) is 0.884. The number of hydrogen-bond acceptors (Lipinski definition) is 4. The Labute approximate surface area is 106 Å². The molecule has 0 aliphatic carbocycles. The maximum atomic E-state index is 9.00. The molecule has 0 spiro atoms. The monoisotopic (exact) mass is 299 g/mol. The molecule has 0 saturated carbocycles. The summed E-state index contributed by atoms with van der Waals surface area (Å²) in [6, 6.07) is 5.75. The maximum Gasteiger partial charge on any atom is 0.195 e. The van der Waals surface area contributed by atoms with Gasteiger partial charge >= 0.3 is 0 Å². The molecule has 4 nitrogen and oxygen atoms in total. The van der Waals surface area contributed by atoms with Gasteiger partial charge in [-0.05, 0) is 45.4 Å². The summed E-state index contributed by atoms with van der Waals surface area (Å²) >= 11 is 5.00. The molecule has 0 saturated heterocycles. The highest BCUT2D eigenvalue weighted by molar-refractivity contribution is 9.10. The summed E-state index contributed by atoms with van der Waals surface area (Å²) in [6.45, 7) is 0.0491. The van der Waals surface area contributed by atoms with Crippen molar-refractivity contribution in [2.45, 2.75) is 16.7 Å². The van der Waals surface area contributed by atoms with Gasteiger partial charge in [0.25, 0.3) is 0 Å². The van der Waals surface area contributed by atoms with E-state index in [1.165, 1.54) is 11.8 Å². The second-order valence-electron chi connectivity index (χ2n) is 3.25. The second-order valence-corrected chi connectivity index (χ2v) is 5.11. The zero-order valence-corrected chi connectivity index (χ0v) is 11.0. The summed E-state index contributed by atoms with van der Waals surface area (Å²) in [7, 11) is 1.90. The van der Waals surface area contributed by atoms with E-state index in [1.807, 2.05) is 29.8 Å². The summed E-state index contributed by atoms with van der Waals surface area (Å²) in [5.74, 6) is 0. The molecule has 1 aromatic heterocycles. The highest BCUT2D eigenvalue weighted by Gasteiger charge is 2.07. The number of rotatable bonds is 3. The number of nitrogens with zero attached hydrogens (tertiary/aromatic N) is 3. The van der Waals surface area contributed by atoms with Crippen LogP contribution in [0.15, 0.2) is 39.1 Å². The summed E-state index contributed by atoms with van der Waals surface area (Å²) < 4.78 is 2.81. The lowest BCUT2D eigenvalue weighted by Crippen LogP contribution is -1.89. The standard InChI is InChI=1S/C10H10BrN3OS/c1-14-6-12-13-10(14)16-9-3-2-7(5-15)4-8(9)11/h2-4,6,15H,5H2,1H3. The largest absolute Gasteiger partial charge is 0.392 e. The molecule has 0 radical (unpaired) electrons. The lowest BCUT2D eigenvalue weighted by molar-refractivity contribution is 0.281. The Balaban J connectivity index is 2.25. The van der Waals surface area contributed by atoms with Gasteiger partial charge in [-0.15, -0.1) is 10.2 Å². The zero-order valence-electron chi connectivity index (χ0n) is 8.59. The first-order chi connectivity index (χ1) is 7.70. The van der Waals surface area contributed by atoms with Crippen LogP contribution < -0.4 is 0 Å². The Morgan fingerprint density at radius 1 is 1.50 bits per heavy atom. The lowest BCUT2D eigenvalue weighted by Gasteiger charge is -2.05. The second kappa shape index (κ2) is 4.99. The van der Waals surface area contributed by atoms with E-state index >= 15 is 0 Å². The zero-order chi connectivity index (χ0) is 11.5. The molecule has 0 bridgehead atoms. The third-order valence-electron chi connectivity index (χ3n) is 2.05.